The second kappa shape index (κ2) is 5.60. The Hall–Kier alpha value is -1.94. The molecule has 18 heavy (non-hydrogen) atoms. The molecule has 0 saturated carbocycles. The minimum atomic E-state index is -0.252. The van der Waals surface area contributed by atoms with Crippen molar-refractivity contribution in [3.05, 3.63) is 58.6 Å². The minimum Gasteiger partial charge on any atom is -0.347 e. The molecule has 92 valence electrons. The van der Waals surface area contributed by atoms with Crippen molar-refractivity contribution < 1.29 is 4.79 Å². The van der Waals surface area contributed by atoms with Crippen molar-refractivity contribution in [3.8, 4) is 0 Å². The Morgan fingerprint density at radius 1 is 1.33 bits per heavy atom. The van der Waals surface area contributed by atoms with Crippen LogP contribution in [0.15, 0.2) is 36.7 Å². The van der Waals surface area contributed by atoms with E-state index >= 15 is 0 Å². The van der Waals surface area contributed by atoms with Crippen LogP contribution in [0, 0.1) is 6.92 Å². The number of aryl methyl sites for hydroxylation is 1. The number of hydrogen-bond donors (Lipinski definition) is 1. The molecule has 0 spiro atoms. The lowest BCUT2D eigenvalue weighted by Gasteiger charge is -2.05. The molecule has 2 aromatic rings. The summed E-state index contributed by atoms with van der Waals surface area (Å²) in [5.41, 5.74) is 2.19. The van der Waals surface area contributed by atoms with Gasteiger partial charge in [-0.05, 0) is 30.7 Å². The molecule has 0 saturated heterocycles. The lowest BCUT2D eigenvalue weighted by Crippen LogP contribution is -2.23. The summed E-state index contributed by atoms with van der Waals surface area (Å²) in [6.07, 6.45) is 3.24. The van der Waals surface area contributed by atoms with E-state index in [1.54, 1.807) is 12.3 Å². The van der Waals surface area contributed by atoms with Crippen LogP contribution < -0.4 is 5.32 Å². The molecule has 1 amide bonds. The van der Waals surface area contributed by atoms with Crippen LogP contribution in [0.2, 0.25) is 5.02 Å². The highest BCUT2D eigenvalue weighted by molar-refractivity contribution is 6.30. The summed E-state index contributed by atoms with van der Waals surface area (Å²) in [7, 11) is 0. The molecular weight excluding hydrogens is 250 g/mol. The molecule has 5 heteroatoms. The zero-order chi connectivity index (χ0) is 13.0. The Bertz CT molecular complexity index is 554. The average Bonchev–Trinajstić information content (AvgIpc) is 2.38. The van der Waals surface area contributed by atoms with Gasteiger partial charge in [-0.25, -0.2) is 0 Å². The number of rotatable bonds is 3. The second-order valence-electron chi connectivity index (χ2n) is 3.85. The average molecular weight is 262 g/mol. The Labute approximate surface area is 110 Å². The highest BCUT2D eigenvalue weighted by Crippen LogP contribution is 2.08. The van der Waals surface area contributed by atoms with Crippen molar-refractivity contribution in [3.63, 3.8) is 0 Å². The monoisotopic (exact) mass is 261 g/mol. The third kappa shape index (κ3) is 3.28. The number of pyridine rings is 2. The van der Waals surface area contributed by atoms with Crippen molar-refractivity contribution in [1.29, 1.82) is 0 Å². The zero-order valence-corrected chi connectivity index (χ0v) is 10.6. The van der Waals surface area contributed by atoms with E-state index in [9.17, 15) is 4.79 Å². The van der Waals surface area contributed by atoms with Crippen molar-refractivity contribution in [2.75, 3.05) is 0 Å². The van der Waals surface area contributed by atoms with Gasteiger partial charge in [0.2, 0.25) is 0 Å². The molecule has 0 radical (unpaired) electrons. The van der Waals surface area contributed by atoms with Gasteiger partial charge in [-0.2, -0.15) is 0 Å². The Balaban J connectivity index is 1.98. The van der Waals surface area contributed by atoms with Crippen molar-refractivity contribution in [1.82, 2.24) is 15.3 Å². The van der Waals surface area contributed by atoms with E-state index < -0.39 is 0 Å². The summed E-state index contributed by atoms with van der Waals surface area (Å²) < 4.78 is 0. The summed E-state index contributed by atoms with van der Waals surface area (Å²) in [5, 5.41) is 3.25. The fourth-order valence-corrected chi connectivity index (χ4v) is 1.56. The molecule has 0 aliphatic rings. The summed E-state index contributed by atoms with van der Waals surface area (Å²) in [4.78, 5) is 19.9. The lowest BCUT2D eigenvalue weighted by molar-refractivity contribution is 0.0946. The maximum atomic E-state index is 11.8. The van der Waals surface area contributed by atoms with Gasteiger partial charge < -0.3 is 5.32 Å². The van der Waals surface area contributed by atoms with Crippen LogP contribution in [-0.2, 0) is 6.54 Å². The molecule has 0 unspecified atom stereocenters. The molecule has 1 N–H and O–H groups in total. The van der Waals surface area contributed by atoms with Gasteiger partial charge in [0.05, 0.1) is 0 Å². The molecule has 2 rings (SSSR count). The van der Waals surface area contributed by atoms with Gasteiger partial charge in [0.1, 0.15) is 5.69 Å². The topological polar surface area (TPSA) is 54.9 Å². The highest BCUT2D eigenvalue weighted by Gasteiger charge is 2.07. The van der Waals surface area contributed by atoms with E-state index in [-0.39, 0.29) is 5.91 Å². The van der Waals surface area contributed by atoms with E-state index in [0.29, 0.717) is 17.3 Å². The first-order valence-corrected chi connectivity index (χ1v) is 5.84. The standard InChI is InChI=1S/C13H12ClN3O/c1-9-2-3-10(7-16-9)8-17-13(18)12-6-11(14)4-5-15-12/h2-7H,8H2,1H3,(H,17,18). The first-order valence-electron chi connectivity index (χ1n) is 5.46. The van der Waals surface area contributed by atoms with Crippen LogP contribution >= 0.6 is 11.6 Å². The summed E-state index contributed by atoms with van der Waals surface area (Å²) in [6.45, 7) is 2.33. The van der Waals surface area contributed by atoms with Gasteiger partial charge in [-0.15, -0.1) is 0 Å². The van der Waals surface area contributed by atoms with E-state index in [4.69, 9.17) is 11.6 Å². The number of halogens is 1. The van der Waals surface area contributed by atoms with Crippen molar-refractivity contribution in [2.24, 2.45) is 0 Å². The number of amides is 1. The third-order valence-corrected chi connectivity index (χ3v) is 2.62. The van der Waals surface area contributed by atoms with Crippen LogP contribution in [0.25, 0.3) is 0 Å². The SMILES string of the molecule is Cc1ccc(CNC(=O)c2cc(Cl)ccn2)cn1. The van der Waals surface area contributed by atoms with Gasteiger partial charge in [-0.1, -0.05) is 17.7 Å². The largest absolute Gasteiger partial charge is 0.347 e. The van der Waals surface area contributed by atoms with Crippen LogP contribution in [0.5, 0.6) is 0 Å². The Morgan fingerprint density at radius 2 is 2.17 bits per heavy atom. The van der Waals surface area contributed by atoms with Gasteiger partial charge in [-0.3, -0.25) is 14.8 Å². The van der Waals surface area contributed by atoms with Crippen LogP contribution in [0.1, 0.15) is 21.7 Å². The molecule has 0 bridgehead atoms. The lowest BCUT2D eigenvalue weighted by atomic mass is 10.2. The smallest absolute Gasteiger partial charge is 0.270 e. The number of aromatic nitrogens is 2. The van der Waals surface area contributed by atoms with E-state index in [2.05, 4.69) is 15.3 Å². The van der Waals surface area contributed by atoms with E-state index in [1.807, 2.05) is 19.1 Å². The molecular formula is C13H12ClN3O. The summed E-state index contributed by atoms with van der Waals surface area (Å²) >= 11 is 5.79. The fourth-order valence-electron chi connectivity index (χ4n) is 1.40. The summed E-state index contributed by atoms with van der Waals surface area (Å²) in [6, 6.07) is 6.99. The van der Waals surface area contributed by atoms with Gasteiger partial charge in [0.25, 0.3) is 5.91 Å². The minimum absolute atomic E-state index is 0.252. The predicted octanol–water partition coefficient (Wildman–Crippen LogP) is 2.37. The van der Waals surface area contributed by atoms with E-state index in [0.717, 1.165) is 11.3 Å². The van der Waals surface area contributed by atoms with Crippen molar-refractivity contribution >= 4 is 17.5 Å². The highest BCUT2D eigenvalue weighted by atomic mass is 35.5. The van der Waals surface area contributed by atoms with Gasteiger partial charge in [0, 0.05) is 29.7 Å². The molecule has 0 aliphatic carbocycles. The molecule has 2 aromatic heterocycles. The van der Waals surface area contributed by atoms with Crippen LogP contribution in [-0.4, -0.2) is 15.9 Å². The third-order valence-electron chi connectivity index (χ3n) is 2.38. The molecule has 0 fully saturated rings. The maximum absolute atomic E-state index is 11.8. The first-order chi connectivity index (χ1) is 8.65. The molecule has 0 aromatic carbocycles. The fraction of sp³-hybridized carbons (Fsp3) is 0.154. The number of carbonyl (C=O) groups is 1. The second-order valence-corrected chi connectivity index (χ2v) is 4.29. The number of hydrogen-bond acceptors (Lipinski definition) is 3. The normalized spacial score (nSPS) is 10.1. The first kappa shape index (κ1) is 12.5. The molecule has 4 nitrogen and oxygen atoms in total. The Kier molecular flexibility index (Phi) is 3.89. The Morgan fingerprint density at radius 3 is 2.83 bits per heavy atom. The number of nitrogens with zero attached hydrogens (tertiary/aromatic N) is 2. The molecule has 0 aliphatic heterocycles. The summed E-state index contributed by atoms with van der Waals surface area (Å²) in [5.74, 6) is -0.252. The van der Waals surface area contributed by atoms with Crippen LogP contribution in [0.4, 0.5) is 0 Å². The van der Waals surface area contributed by atoms with Gasteiger partial charge >= 0.3 is 0 Å². The van der Waals surface area contributed by atoms with Crippen molar-refractivity contribution in [2.45, 2.75) is 13.5 Å². The predicted molar refractivity (Wildman–Crippen MR) is 69.4 cm³/mol. The number of nitrogens with one attached hydrogen (secondary N) is 1. The molecule has 0 atom stereocenters. The zero-order valence-electron chi connectivity index (χ0n) is 9.85. The number of carbonyl (C=O) groups excluding carboxylic acids is 1. The molecule has 2 heterocycles. The maximum Gasteiger partial charge on any atom is 0.270 e. The van der Waals surface area contributed by atoms with Crippen LogP contribution in [0.3, 0.4) is 0 Å². The quantitative estimate of drug-likeness (QED) is 0.923. The van der Waals surface area contributed by atoms with E-state index in [1.165, 1.54) is 12.3 Å². The van der Waals surface area contributed by atoms with Gasteiger partial charge in [0.15, 0.2) is 0 Å².